The topological polar surface area (TPSA) is 77.8 Å². The van der Waals surface area contributed by atoms with Gasteiger partial charge in [-0.15, -0.1) is 20.4 Å². The van der Waals surface area contributed by atoms with Crippen molar-refractivity contribution in [3.8, 4) is 0 Å². The van der Waals surface area contributed by atoms with Gasteiger partial charge in [-0.25, -0.2) is 0 Å². The molecular formula is C8H10N4O2. The molecule has 0 unspecified atom stereocenters. The summed E-state index contributed by atoms with van der Waals surface area (Å²) in [5.41, 5.74) is 0. The number of hydrogen-bond donors (Lipinski definition) is 0. The Bertz CT molecular complexity index is 322. The predicted octanol–water partition coefficient (Wildman–Crippen LogP) is 1.38. The minimum Gasteiger partial charge on any atom is -0.427 e. The Morgan fingerprint density at radius 3 is 2.07 bits per heavy atom. The first kappa shape index (κ1) is 8.86. The second-order valence-corrected chi connectivity index (χ2v) is 2.90. The molecule has 0 aliphatic heterocycles. The number of nitrogens with zero attached hydrogens (tertiary/aromatic N) is 4. The van der Waals surface area contributed by atoms with Crippen LogP contribution in [-0.4, -0.2) is 20.4 Å². The van der Waals surface area contributed by atoms with E-state index in [-0.39, 0.29) is 5.92 Å². The van der Waals surface area contributed by atoms with Gasteiger partial charge in [-0.1, -0.05) is 13.3 Å². The molecule has 2 rings (SSSR count). The molecule has 0 saturated heterocycles. The lowest BCUT2D eigenvalue weighted by atomic mass is 10.0. The first-order valence-corrected chi connectivity index (χ1v) is 4.44. The maximum Gasteiger partial charge on any atom is 0.228 e. The van der Waals surface area contributed by atoms with E-state index in [2.05, 4.69) is 27.3 Å². The van der Waals surface area contributed by atoms with Crippen molar-refractivity contribution in [1.29, 1.82) is 0 Å². The van der Waals surface area contributed by atoms with E-state index in [0.717, 1.165) is 12.8 Å². The standard InChI is InChI=1S/C8H10N4O2/c1-2-3-6(7-11-9-4-13-7)8-12-10-5-14-8/h4-6H,2-3H2,1H3. The van der Waals surface area contributed by atoms with Crippen LogP contribution in [0.1, 0.15) is 37.5 Å². The summed E-state index contributed by atoms with van der Waals surface area (Å²) in [5.74, 6) is 0.970. The van der Waals surface area contributed by atoms with E-state index in [1.807, 2.05) is 0 Å². The third-order valence-corrected chi connectivity index (χ3v) is 1.93. The minimum atomic E-state index is -0.0787. The first-order valence-electron chi connectivity index (χ1n) is 4.44. The van der Waals surface area contributed by atoms with Gasteiger partial charge >= 0.3 is 0 Å². The zero-order valence-electron chi connectivity index (χ0n) is 7.75. The Morgan fingerprint density at radius 1 is 1.14 bits per heavy atom. The van der Waals surface area contributed by atoms with Crippen LogP contribution in [0.5, 0.6) is 0 Å². The van der Waals surface area contributed by atoms with Crippen LogP contribution in [0.3, 0.4) is 0 Å². The molecule has 0 amide bonds. The van der Waals surface area contributed by atoms with Gasteiger partial charge in [0.15, 0.2) is 0 Å². The highest BCUT2D eigenvalue weighted by atomic mass is 16.4. The zero-order chi connectivity index (χ0) is 9.80. The van der Waals surface area contributed by atoms with Crippen molar-refractivity contribution in [2.45, 2.75) is 25.7 Å². The molecule has 0 saturated carbocycles. The van der Waals surface area contributed by atoms with Crippen molar-refractivity contribution in [3.05, 3.63) is 24.6 Å². The highest BCUT2D eigenvalue weighted by Crippen LogP contribution is 2.25. The number of aromatic nitrogens is 4. The molecule has 0 bridgehead atoms. The van der Waals surface area contributed by atoms with Crippen LogP contribution in [0, 0.1) is 0 Å². The summed E-state index contributed by atoms with van der Waals surface area (Å²) in [7, 11) is 0. The summed E-state index contributed by atoms with van der Waals surface area (Å²) >= 11 is 0. The minimum absolute atomic E-state index is 0.0787. The molecule has 14 heavy (non-hydrogen) atoms. The van der Waals surface area contributed by atoms with Gasteiger partial charge in [-0.3, -0.25) is 0 Å². The maximum atomic E-state index is 5.12. The van der Waals surface area contributed by atoms with Crippen molar-refractivity contribution in [2.75, 3.05) is 0 Å². The Kier molecular flexibility index (Phi) is 2.53. The molecule has 6 nitrogen and oxygen atoms in total. The molecule has 0 radical (unpaired) electrons. The van der Waals surface area contributed by atoms with E-state index < -0.39 is 0 Å². The van der Waals surface area contributed by atoms with Crippen LogP contribution >= 0.6 is 0 Å². The van der Waals surface area contributed by atoms with Crippen LogP contribution in [0.25, 0.3) is 0 Å². The molecule has 2 aromatic heterocycles. The third kappa shape index (κ3) is 1.63. The van der Waals surface area contributed by atoms with Crippen molar-refractivity contribution in [1.82, 2.24) is 20.4 Å². The largest absolute Gasteiger partial charge is 0.427 e. The average molecular weight is 194 g/mol. The fourth-order valence-corrected chi connectivity index (χ4v) is 1.31. The summed E-state index contributed by atoms with van der Waals surface area (Å²) in [6, 6.07) is 0. The van der Waals surface area contributed by atoms with E-state index >= 15 is 0 Å². The Balaban J connectivity index is 2.25. The van der Waals surface area contributed by atoms with Crippen LogP contribution in [0.2, 0.25) is 0 Å². The van der Waals surface area contributed by atoms with Gasteiger partial charge in [0.25, 0.3) is 0 Å². The van der Waals surface area contributed by atoms with Crippen LogP contribution in [-0.2, 0) is 0 Å². The molecule has 0 aliphatic carbocycles. The van der Waals surface area contributed by atoms with Gasteiger partial charge in [0.1, 0.15) is 5.92 Å². The van der Waals surface area contributed by atoms with Crippen molar-refractivity contribution in [2.24, 2.45) is 0 Å². The monoisotopic (exact) mass is 194 g/mol. The number of hydrogen-bond acceptors (Lipinski definition) is 6. The lowest BCUT2D eigenvalue weighted by Crippen LogP contribution is -2.02. The molecule has 6 heteroatoms. The maximum absolute atomic E-state index is 5.12. The summed E-state index contributed by atoms with van der Waals surface area (Å²) < 4.78 is 10.2. The molecule has 0 spiro atoms. The summed E-state index contributed by atoms with van der Waals surface area (Å²) in [6.07, 6.45) is 4.43. The predicted molar refractivity (Wildman–Crippen MR) is 45.3 cm³/mol. The van der Waals surface area contributed by atoms with E-state index in [1.165, 1.54) is 12.8 Å². The Hall–Kier alpha value is -1.72. The number of rotatable bonds is 4. The fourth-order valence-electron chi connectivity index (χ4n) is 1.31. The third-order valence-electron chi connectivity index (χ3n) is 1.93. The van der Waals surface area contributed by atoms with Crippen molar-refractivity contribution < 1.29 is 8.83 Å². The zero-order valence-corrected chi connectivity index (χ0v) is 7.75. The highest BCUT2D eigenvalue weighted by molar-refractivity contribution is 5.02. The van der Waals surface area contributed by atoms with E-state index in [9.17, 15) is 0 Å². The van der Waals surface area contributed by atoms with Gasteiger partial charge in [-0.2, -0.15) is 0 Å². The highest BCUT2D eigenvalue weighted by Gasteiger charge is 2.22. The molecule has 0 atom stereocenters. The molecule has 2 heterocycles. The van der Waals surface area contributed by atoms with Crippen LogP contribution in [0.15, 0.2) is 21.6 Å². The smallest absolute Gasteiger partial charge is 0.228 e. The Morgan fingerprint density at radius 2 is 1.71 bits per heavy atom. The van der Waals surface area contributed by atoms with Crippen molar-refractivity contribution >= 4 is 0 Å². The van der Waals surface area contributed by atoms with Gasteiger partial charge in [-0.05, 0) is 6.42 Å². The molecular weight excluding hydrogens is 184 g/mol. The molecule has 2 aromatic rings. The van der Waals surface area contributed by atoms with Crippen molar-refractivity contribution in [3.63, 3.8) is 0 Å². The molecule has 0 N–H and O–H groups in total. The van der Waals surface area contributed by atoms with E-state index in [4.69, 9.17) is 8.83 Å². The summed E-state index contributed by atoms with van der Waals surface area (Å²) in [6.45, 7) is 2.07. The summed E-state index contributed by atoms with van der Waals surface area (Å²) in [4.78, 5) is 0. The summed E-state index contributed by atoms with van der Waals surface area (Å²) in [5, 5.41) is 15.0. The van der Waals surface area contributed by atoms with E-state index in [1.54, 1.807) is 0 Å². The fraction of sp³-hybridized carbons (Fsp3) is 0.500. The lowest BCUT2D eigenvalue weighted by Gasteiger charge is -2.05. The quantitative estimate of drug-likeness (QED) is 0.731. The van der Waals surface area contributed by atoms with Gasteiger partial charge in [0.2, 0.25) is 24.6 Å². The van der Waals surface area contributed by atoms with E-state index in [0.29, 0.717) is 11.8 Å². The Labute approximate surface area is 80.4 Å². The molecule has 0 fully saturated rings. The average Bonchev–Trinajstić information content (AvgIpc) is 2.87. The SMILES string of the molecule is CCCC(c1nnco1)c1nnco1. The first-order chi connectivity index (χ1) is 6.92. The van der Waals surface area contributed by atoms with Gasteiger partial charge in [0, 0.05) is 0 Å². The second-order valence-electron chi connectivity index (χ2n) is 2.90. The van der Waals surface area contributed by atoms with Crippen LogP contribution < -0.4 is 0 Å². The van der Waals surface area contributed by atoms with Gasteiger partial charge in [0.05, 0.1) is 0 Å². The lowest BCUT2D eigenvalue weighted by molar-refractivity contribution is 0.392. The second kappa shape index (κ2) is 3.99. The molecule has 0 aliphatic rings. The molecule has 0 aromatic carbocycles. The van der Waals surface area contributed by atoms with Crippen LogP contribution in [0.4, 0.5) is 0 Å². The molecule has 74 valence electrons. The van der Waals surface area contributed by atoms with Gasteiger partial charge < -0.3 is 8.83 Å². The normalized spacial score (nSPS) is 11.0.